The summed E-state index contributed by atoms with van der Waals surface area (Å²) in [6.45, 7) is 19.9. The number of rotatable bonds is 12. The Morgan fingerprint density at radius 2 is 1.63 bits per heavy atom. The molecule has 0 fully saturated rings. The maximum absolute atomic E-state index is 12.0. The second kappa shape index (κ2) is 15.7. The van der Waals surface area contributed by atoms with Crippen molar-refractivity contribution in [3.63, 3.8) is 0 Å². The van der Waals surface area contributed by atoms with E-state index in [0.29, 0.717) is 30.3 Å². The summed E-state index contributed by atoms with van der Waals surface area (Å²) >= 11 is 0. The maximum atomic E-state index is 12.0. The van der Waals surface area contributed by atoms with Gasteiger partial charge in [-0.2, -0.15) is 26.7 Å². The highest BCUT2D eigenvalue weighted by Gasteiger charge is 2.46. The zero-order valence-electron chi connectivity index (χ0n) is 34.0. The summed E-state index contributed by atoms with van der Waals surface area (Å²) in [6.07, 6.45) is 11.7. The summed E-state index contributed by atoms with van der Waals surface area (Å²) in [5, 5.41) is 14.1. The Morgan fingerprint density at radius 1 is 0.898 bits per heavy atom. The summed E-state index contributed by atoms with van der Waals surface area (Å²) in [6, 6.07) is 22.2. The first-order valence-electron chi connectivity index (χ1n) is 20.0. The van der Waals surface area contributed by atoms with Crippen molar-refractivity contribution in [2.24, 2.45) is 0 Å². The molecular formula is C47H49N4O6S2+. The van der Waals surface area contributed by atoms with Gasteiger partial charge < -0.3 is 4.90 Å². The molecule has 0 bridgehead atoms. The van der Waals surface area contributed by atoms with Crippen LogP contribution in [0.3, 0.4) is 0 Å². The monoisotopic (exact) mass is 829 g/mol. The molecule has 0 saturated carbocycles. The number of anilines is 1. The lowest BCUT2D eigenvalue weighted by Crippen LogP contribution is -2.28. The van der Waals surface area contributed by atoms with Crippen LogP contribution >= 0.6 is 0 Å². The van der Waals surface area contributed by atoms with E-state index >= 15 is 0 Å². The van der Waals surface area contributed by atoms with E-state index in [1.54, 1.807) is 6.07 Å². The second-order valence-electron chi connectivity index (χ2n) is 16.6. The Morgan fingerprint density at radius 3 is 2.32 bits per heavy atom. The Balaban J connectivity index is 1.32. The molecule has 0 spiro atoms. The minimum Gasteiger partial charge on any atom is -0.344 e. The largest absolute Gasteiger partial charge is 0.344 e. The van der Waals surface area contributed by atoms with Gasteiger partial charge in [-0.15, -0.1) is 0 Å². The molecule has 0 radical (unpaired) electrons. The van der Waals surface area contributed by atoms with Crippen molar-refractivity contribution < 1.29 is 30.5 Å². The van der Waals surface area contributed by atoms with Crippen molar-refractivity contribution in [2.75, 3.05) is 23.7 Å². The minimum absolute atomic E-state index is 0.154. The number of hydrogen-bond donors (Lipinski definition) is 2. The van der Waals surface area contributed by atoms with E-state index in [1.165, 1.54) is 12.1 Å². The number of nitriles is 1. The van der Waals surface area contributed by atoms with Crippen LogP contribution in [-0.2, 0) is 31.1 Å². The van der Waals surface area contributed by atoms with E-state index in [2.05, 4.69) is 97.5 Å². The summed E-state index contributed by atoms with van der Waals surface area (Å²) in [5.41, 5.74) is 7.74. The molecule has 1 unspecified atom stereocenters. The van der Waals surface area contributed by atoms with Crippen LogP contribution < -0.4 is 4.90 Å². The maximum Gasteiger partial charge on any atom is 0.332 e. The van der Waals surface area contributed by atoms with Gasteiger partial charge >= 0.3 is 6.04 Å². The molecule has 4 aromatic rings. The Kier molecular flexibility index (Phi) is 11.1. The fourth-order valence-corrected chi connectivity index (χ4v) is 10.4. The van der Waals surface area contributed by atoms with Crippen molar-refractivity contribution in [1.82, 2.24) is 0 Å². The Bertz CT molecular complexity index is 2870. The van der Waals surface area contributed by atoms with Gasteiger partial charge in [0.05, 0.1) is 21.6 Å². The molecule has 304 valence electrons. The highest BCUT2D eigenvalue weighted by atomic mass is 32.2. The predicted molar refractivity (Wildman–Crippen MR) is 234 cm³/mol. The highest BCUT2D eigenvalue weighted by molar-refractivity contribution is 7.86. The van der Waals surface area contributed by atoms with Gasteiger partial charge in [0.25, 0.3) is 20.2 Å². The first-order valence-corrected chi connectivity index (χ1v) is 23.0. The molecule has 2 aliphatic heterocycles. The van der Waals surface area contributed by atoms with Gasteiger partial charge in [-0.1, -0.05) is 75.7 Å². The van der Waals surface area contributed by atoms with E-state index < -0.39 is 37.1 Å². The van der Waals surface area contributed by atoms with Gasteiger partial charge in [0.2, 0.25) is 5.69 Å². The van der Waals surface area contributed by atoms with Crippen LogP contribution in [0.25, 0.3) is 26.4 Å². The molecule has 1 aliphatic carbocycles. The van der Waals surface area contributed by atoms with Crippen LogP contribution in [-0.4, -0.2) is 61.1 Å². The predicted octanol–water partition coefficient (Wildman–Crippen LogP) is 9.76. The molecule has 3 aliphatic rings. The topological polar surface area (TPSA) is 143 Å². The van der Waals surface area contributed by atoms with E-state index in [1.807, 2.05) is 30.3 Å². The van der Waals surface area contributed by atoms with Crippen molar-refractivity contribution in [1.29, 1.82) is 5.26 Å². The third kappa shape index (κ3) is 7.67. The molecule has 0 amide bonds. The fraction of sp³-hybridized carbons (Fsp3) is 0.340. The summed E-state index contributed by atoms with van der Waals surface area (Å²) in [7, 11) is -8.52. The summed E-state index contributed by atoms with van der Waals surface area (Å²) < 4.78 is 68.8. The van der Waals surface area contributed by atoms with E-state index in [0.717, 1.165) is 80.6 Å². The average molecular weight is 830 g/mol. The van der Waals surface area contributed by atoms with Crippen LogP contribution in [0.5, 0.6) is 0 Å². The van der Waals surface area contributed by atoms with Gasteiger partial charge in [0.1, 0.15) is 6.54 Å². The first-order chi connectivity index (χ1) is 27.9. The van der Waals surface area contributed by atoms with Crippen molar-refractivity contribution >= 4 is 58.9 Å². The van der Waals surface area contributed by atoms with Crippen LogP contribution in [0.2, 0.25) is 0 Å². The molecule has 0 aromatic heterocycles. The molecule has 7 rings (SSSR count). The third-order valence-corrected chi connectivity index (χ3v) is 13.8. The lowest BCUT2D eigenvalue weighted by molar-refractivity contribution is -0.437. The zero-order valence-corrected chi connectivity index (χ0v) is 35.7. The smallest absolute Gasteiger partial charge is 0.332 e. The quantitative estimate of drug-likeness (QED) is 0.0817. The number of fused-ring (bicyclic) bond motifs is 6. The lowest BCUT2D eigenvalue weighted by atomic mass is 9.79. The number of allylic oxidation sites excluding steroid dienone is 6. The minimum atomic E-state index is -4.37. The van der Waals surface area contributed by atoms with Crippen molar-refractivity contribution in [3.8, 4) is 6.07 Å². The van der Waals surface area contributed by atoms with Gasteiger partial charge in [-0.25, -0.2) is 6.57 Å². The van der Waals surface area contributed by atoms with Gasteiger partial charge in [-0.05, 0) is 102 Å². The Labute approximate surface area is 347 Å². The van der Waals surface area contributed by atoms with Gasteiger partial charge in [-0.3, -0.25) is 14.0 Å². The first kappa shape index (κ1) is 41.8. The SMILES string of the molecule is [C-]#[N+]C(C#N)C1=C(C=CC2=[N+](CCCS(=O)(=O)O)c3ccc4ccccc4c3C2(C)C)CCC1=CC=C1N(CCCC)c2ccc3cc(S(=O)(=O)O)ccc3c2C1(C)C. The zero-order chi connectivity index (χ0) is 42.5. The Hall–Kier alpha value is -5.37. The summed E-state index contributed by atoms with van der Waals surface area (Å²) in [5.74, 6) is -0.361. The molecule has 1 atom stereocenters. The molecule has 12 heteroatoms. The molecule has 4 aromatic carbocycles. The van der Waals surface area contributed by atoms with Crippen LogP contribution in [0, 0.1) is 17.9 Å². The summed E-state index contributed by atoms with van der Waals surface area (Å²) in [4.78, 5) is 5.93. The average Bonchev–Trinajstić information content (AvgIpc) is 3.75. The molecule has 59 heavy (non-hydrogen) atoms. The van der Waals surface area contributed by atoms with E-state index in [9.17, 15) is 31.2 Å². The number of unbranched alkanes of at least 4 members (excludes halogenated alkanes) is 1. The van der Waals surface area contributed by atoms with Crippen LogP contribution in [0.4, 0.5) is 11.4 Å². The third-order valence-electron chi connectivity index (χ3n) is 12.2. The second-order valence-corrected chi connectivity index (χ2v) is 19.6. The number of nitrogens with zero attached hydrogens (tertiary/aromatic N) is 4. The molecule has 2 heterocycles. The fourth-order valence-electron chi connectivity index (χ4n) is 9.43. The molecular weight excluding hydrogens is 781 g/mol. The molecule has 2 N–H and O–H groups in total. The van der Waals surface area contributed by atoms with Gasteiger partial charge in [0.15, 0.2) is 11.8 Å². The number of hydrogen-bond acceptors (Lipinski definition) is 6. The van der Waals surface area contributed by atoms with Crippen LogP contribution in [0.15, 0.2) is 118 Å². The lowest BCUT2D eigenvalue weighted by Gasteiger charge is -2.27. The van der Waals surface area contributed by atoms with E-state index in [-0.39, 0.29) is 17.1 Å². The molecule has 0 saturated heterocycles. The standard InChI is InChI=1S/C47H48N4O6S2/c1-7-8-26-50-40-23-17-34-29-35(59(55,56)57)20-21-37(34)45(40)47(4,5)41(50)24-18-32-14-15-33(43(32)38(30-48)49-6)19-25-42-46(2,3)44-36-13-10-9-12-31(36)16-22-39(44)51(42)27-11-28-58(52,53)54/h9-10,12-13,16-25,29,38H,7-8,11,14-15,26-28H2,1-5H3,(H-,52,53,54,55,56,57)/p+1. The van der Waals surface area contributed by atoms with Crippen LogP contribution in [0.1, 0.15) is 77.8 Å². The van der Waals surface area contributed by atoms with Gasteiger partial charge in [0, 0.05) is 47.5 Å². The van der Waals surface area contributed by atoms with E-state index in [4.69, 9.17) is 6.57 Å². The number of benzene rings is 4. The normalized spacial score (nSPS) is 19.3. The van der Waals surface area contributed by atoms with Crippen molar-refractivity contribution in [2.45, 2.75) is 88.5 Å². The highest BCUT2D eigenvalue weighted by Crippen LogP contribution is 2.51. The molecule has 10 nitrogen and oxygen atoms in total. The van der Waals surface area contributed by atoms with Crippen molar-refractivity contribution in [3.05, 3.63) is 136 Å².